The van der Waals surface area contributed by atoms with Crippen LogP contribution in [0.25, 0.3) is 0 Å². The lowest BCUT2D eigenvalue weighted by atomic mass is 9.86. The van der Waals surface area contributed by atoms with E-state index in [4.69, 9.17) is 10.5 Å². The van der Waals surface area contributed by atoms with Gasteiger partial charge in [-0.15, -0.1) is 0 Å². The molecule has 1 aromatic rings. The van der Waals surface area contributed by atoms with Crippen LogP contribution >= 0.6 is 0 Å². The maximum Gasteiger partial charge on any atom is 0.250 e. The second-order valence-electron chi connectivity index (χ2n) is 5.65. The van der Waals surface area contributed by atoms with Crippen molar-refractivity contribution in [2.75, 3.05) is 13.7 Å². The minimum absolute atomic E-state index is 0.0293. The van der Waals surface area contributed by atoms with Gasteiger partial charge >= 0.3 is 0 Å². The molecule has 3 N–H and O–H groups in total. The summed E-state index contributed by atoms with van der Waals surface area (Å²) in [7, 11) is 1.49. The molecule has 0 aromatic carbocycles. The van der Waals surface area contributed by atoms with Crippen LogP contribution in [0.15, 0.2) is 18.7 Å². The Morgan fingerprint density at radius 2 is 2.21 bits per heavy atom. The van der Waals surface area contributed by atoms with Gasteiger partial charge in [0.25, 0.3) is 5.91 Å². The fourth-order valence-electron chi connectivity index (χ4n) is 1.72. The number of imidazole rings is 1. The zero-order chi connectivity index (χ0) is 14.5. The normalized spacial score (nSPS) is 15.0. The van der Waals surface area contributed by atoms with E-state index in [1.165, 1.54) is 7.11 Å². The molecule has 0 fully saturated rings. The highest BCUT2D eigenvalue weighted by Crippen LogP contribution is 2.21. The van der Waals surface area contributed by atoms with Crippen LogP contribution in [0.5, 0.6) is 0 Å². The maximum absolute atomic E-state index is 12.0. The lowest BCUT2D eigenvalue weighted by molar-refractivity contribution is -0.132. The molecule has 0 bridgehead atoms. The number of aromatic nitrogens is 2. The van der Waals surface area contributed by atoms with E-state index < -0.39 is 6.10 Å². The summed E-state index contributed by atoms with van der Waals surface area (Å²) in [5.41, 5.74) is 5.43. The van der Waals surface area contributed by atoms with Gasteiger partial charge in [-0.3, -0.25) is 4.79 Å². The Balaban J connectivity index is 2.73. The molecular weight excluding hydrogens is 244 g/mol. The van der Waals surface area contributed by atoms with Crippen LogP contribution in [-0.2, 0) is 16.1 Å². The molecule has 1 amide bonds. The third-order valence-corrected chi connectivity index (χ3v) is 3.11. The number of methoxy groups -OCH3 is 1. The summed E-state index contributed by atoms with van der Waals surface area (Å²) in [6.45, 7) is 7.08. The third-order valence-electron chi connectivity index (χ3n) is 3.11. The largest absolute Gasteiger partial charge is 0.370 e. The summed E-state index contributed by atoms with van der Waals surface area (Å²) in [4.78, 5) is 16.1. The van der Waals surface area contributed by atoms with E-state index in [-0.39, 0.29) is 23.9 Å². The first kappa shape index (κ1) is 15.7. The summed E-state index contributed by atoms with van der Waals surface area (Å²) in [6.07, 6.45) is 4.73. The average Bonchev–Trinajstić information content (AvgIpc) is 2.81. The zero-order valence-electron chi connectivity index (χ0n) is 12.1. The van der Waals surface area contributed by atoms with Crippen LogP contribution in [0.1, 0.15) is 20.8 Å². The molecule has 6 nitrogen and oxygen atoms in total. The fourth-order valence-corrected chi connectivity index (χ4v) is 1.72. The van der Waals surface area contributed by atoms with Crippen LogP contribution in [0.3, 0.4) is 0 Å². The second kappa shape index (κ2) is 6.68. The summed E-state index contributed by atoms with van der Waals surface area (Å²) in [5, 5.41) is 3.00. The van der Waals surface area contributed by atoms with Crippen molar-refractivity contribution in [2.24, 2.45) is 11.1 Å². The van der Waals surface area contributed by atoms with Crippen LogP contribution in [-0.4, -0.2) is 41.3 Å². The van der Waals surface area contributed by atoms with Gasteiger partial charge in [-0.1, -0.05) is 20.8 Å². The second-order valence-corrected chi connectivity index (χ2v) is 5.65. The number of hydrogen-bond acceptors (Lipinski definition) is 4. The Labute approximate surface area is 114 Å². The molecule has 6 heteroatoms. The van der Waals surface area contributed by atoms with E-state index >= 15 is 0 Å². The molecule has 2 unspecified atom stereocenters. The van der Waals surface area contributed by atoms with Crippen LogP contribution in [0, 0.1) is 5.41 Å². The number of nitrogens with two attached hydrogens (primary N) is 1. The molecule has 2 atom stereocenters. The number of hydrogen-bond donors (Lipinski definition) is 2. The number of carbonyl (C=O) groups excluding carboxylic acids is 1. The zero-order valence-corrected chi connectivity index (χ0v) is 12.1. The monoisotopic (exact) mass is 268 g/mol. The van der Waals surface area contributed by atoms with Gasteiger partial charge in [0, 0.05) is 32.6 Å². The van der Waals surface area contributed by atoms with E-state index in [1.807, 2.05) is 10.8 Å². The standard InChI is InChI=1S/C13H24N4O2/c1-13(2,3)11(8-17-6-5-15-9-17)16-12(18)10(7-14)19-4/h5-6,9-11H,7-8,14H2,1-4H3,(H,16,18). The van der Waals surface area contributed by atoms with Gasteiger partial charge in [0.1, 0.15) is 6.10 Å². The number of nitrogens with zero attached hydrogens (tertiary/aromatic N) is 2. The molecular formula is C13H24N4O2. The van der Waals surface area contributed by atoms with Crippen LogP contribution < -0.4 is 11.1 Å². The number of carbonyl (C=O) groups is 1. The lowest BCUT2D eigenvalue weighted by Crippen LogP contribution is -2.51. The summed E-state index contributed by atoms with van der Waals surface area (Å²) < 4.78 is 7.00. The van der Waals surface area contributed by atoms with Crippen LogP contribution in [0.2, 0.25) is 0 Å². The molecule has 1 rings (SSSR count). The first-order chi connectivity index (χ1) is 8.88. The van der Waals surface area contributed by atoms with E-state index in [1.54, 1.807) is 12.5 Å². The van der Waals surface area contributed by atoms with Gasteiger partial charge in [0.2, 0.25) is 0 Å². The first-order valence-corrected chi connectivity index (χ1v) is 6.37. The van der Waals surface area contributed by atoms with Gasteiger partial charge < -0.3 is 20.4 Å². The Morgan fingerprint density at radius 1 is 1.53 bits per heavy atom. The molecule has 0 aliphatic carbocycles. The minimum Gasteiger partial charge on any atom is -0.370 e. The van der Waals surface area contributed by atoms with E-state index in [2.05, 4.69) is 31.1 Å². The number of nitrogens with one attached hydrogen (secondary N) is 1. The molecule has 0 aliphatic heterocycles. The molecule has 0 radical (unpaired) electrons. The van der Waals surface area contributed by atoms with Gasteiger partial charge in [0.05, 0.1) is 12.4 Å². The van der Waals surface area contributed by atoms with Crippen molar-refractivity contribution in [3.63, 3.8) is 0 Å². The quantitative estimate of drug-likeness (QED) is 0.782. The molecule has 1 aromatic heterocycles. The Hall–Kier alpha value is -1.40. The van der Waals surface area contributed by atoms with Crippen molar-refractivity contribution in [1.82, 2.24) is 14.9 Å². The predicted octanol–water partition coefficient (Wildman–Crippen LogP) is 0.388. The van der Waals surface area contributed by atoms with Crippen molar-refractivity contribution in [1.29, 1.82) is 0 Å². The van der Waals surface area contributed by atoms with Crippen molar-refractivity contribution in [2.45, 2.75) is 39.5 Å². The fraction of sp³-hybridized carbons (Fsp3) is 0.692. The van der Waals surface area contributed by atoms with E-state index in [0.717, 1.165) is 0 Å². The Bertz CT molecular complexity index is 380. The van der Waals surface area contributed by atoms with Gasteiger partial charge in [-0.2, -0.15) is 0 Å². The van der Waals surface area contributed by atoms with Gasteiger partial charge in [0.15, 0.2) is 0 Å². The highest BCUT2D eigenvalue weighted by Gasteiger charge is 2.28. The first-order valence-electron chi connectivity index (χ1n) is 6.37. The number of ether oxygens (including phenoxy) is 1. The molecule has 108 valence electrons. The molecule has 0 aliphatic rings. The number of amides is 1. The van der Waals surface area contributed by atoms with Crippen molar-refractivity contribution in [3.05, 3.63) is 18.7 Å². The van der Waals surface area contributed by atoms with Crippen molar-refractivity contribution in [3.8, 4) is 0 Å². The maximum atomic E-state index is 12.0. The predicted molar refractivity (Wildman–Crippen MR) is 73.5 cm³/mol. The lowest BCUT2D eigenvalue weighted by Gasteiger charge is -2.32. The third kappa shape index (κ3) is 4.65. The molecule has 0 saturated heterocycles. The number of rotatable bonds is 6. The summed E-state index contributed by atoms with van der Waals surface area (Å²) in [6, 6.07) is -0.0293. The SMILES string of the molecule is COC(CN)C(=O)NC(Cn1ccnc1)C(C)(C)C. The molecule has 19 heavy (non-hydrogen) atoms. The van der Waals surface area contributed by atoms with Crippen LogP contribution in [0.4, 0.5) is 0 Å². The molecule has 1 heterocycles. The van der Waals surface area contributed by atoms with Crippen molar-refractivity contribution >= 4 is 5.91 Å². The topological polar surface area (TPSA) is 82.2 Å². The summed E-state index contributed by atoms with van der Waals surface area (Å²) >= 11 is 0. The van der Waals surface area contributed by atoms with E-state index in [9.17, 15) is 4.79 Å². The Morgan fingerprint density at radius 3 is 2.63 bits per heavy atom. The highest BCUT2D eigenvalue weighted by atomic mass is 16.5. The summed E-state index contributed by atoms with van der Waals surface area (Å²) in [5.74, 6) is -0.176. The minimum atomic E-state index is -0.604. The average molecular weight is 268 g/mol. The Kier molecular flexibility index (Phi) is 5.50. The smallest absolute Gasteiger partial charge is 0.250 e. The van der Waals surface area contributed by atoms with Gasteiger partial charge in [-0.05, 0) is 5.41 Å². The molecule has 0 saturated carbocycles. The molecule has 0 spiro atoms. The van der Waals surface area contributed by atoms with Crippen molar-refractivity contribution < 1.29 is 9.53 Å². The highest BCUT2D eigenvalue weighted by molar-refractivity contribution is 5.81. The van der Waals surface area contributed by atoms with E-state index in [0.29, 0.717) is 6.54 Å². The van der Waals surface area contributed by atoms with Gasteiger partial charge in [-0.25, -0.2) is 4.98 Å².